The van der Waals surface area contributed by atoms with Crippen molar-refractivity contribution in [2.75, 3.05) is 11.1 Å². The van der Waals surface area contributed by atoms with Gasteiger partial charge in [-0.25, -0.2) is 0 Å². The van der Waals surface area contributed by atoms with Gasteiger partial charge in [-0.3, -0.25) is 0 Å². The summed E-state index contributed by atoms with van der Waals surface area (Å²) in [5, 5.41) is 3.69. The predicted molar refractivity (Wildman–Crippen MR) is 93.0 cm³/mol. The Kier molecular flexibility index (Phi) is 4.90. The summed E-state index contributed by atoms with van der Waals surface area (Å²) >= 11 is 5.34. The SMILES string of the molecule is C/C=[N+](\NC(=S)Nc1cccc(C)c1)c1ccc(N)cc1. The minimum atomic E-state index is 0.524. The Hall–Kier alpha value is -2.40. The Balaban J connectivity index is 2.05. The highest BCUT2D eigenvalue weighted by Crippen LogP contribution is 2.13. The summed E-state index contributed by atoms with van der Waals surface area (Å²) in [6, 6.07) is 15.6. The molecule has 2 rings (SSSR count). The molecule has 21 heavy (non-hydrogen) atoms. The molecule has 0 aliphatic heterocycles. The number of hydrogen-bond donors (Lipinski definition) is 3. The van der Waals surface area contributed by atoms with Crippen LogP contribution in [0.4, 0.5) is 17.1 Å². The Morgan fingerprint density at radius 1 is 1.19 bits per heavy atom. The number of hydrogen-bond acceptors (Lipinski definition) is 2. The minimum absolute atomic E-state index is 0.524. The van der Waals surface area contributed by atoms with E-state index in [-0.39, 0.29) is 0 Å². The molecule has 0 saturated carbocycles. The number of nitrogens with two attached hydrogens (primary N) is 1. The van der Waals surface area contributed by atoms with Crippen molar-refractivity contribution in [2.45, 2.75) is 13.8 Å². The first kappa shape index (κ1) is 15.0. The van der Waals surface area contributed by atoms with E-state index in [2.05, 4.69) is 10.7 Å². The van der Waals surface area contributed by atoms with Crippen molar-refractivity contribution in [2.24, 2.45) is 0 Å². The van der Waals surface area contributed by atoms with Crippen molar-refractivity contribution in [1.29, 1.82) is 0 Å². The van der Waals surface area contributed by atoms with E-state index in [0.717, 1.165) is 17.1 Å². The van der Waals surface area contributed by atoms with Crippen LogP contribution in [0.2, 0.25) is 0 Å². The second-order valence-electron chi connectivity index (χ2n) is 4.66. The van der Waals surface area contributed by atoms with Crippen molar-refractivity contribution in [1.82, 2.24) is 5.43 Å². The molecule has 0 fully saturated rings. The van der Waals surface area contributed by atoms with Gasteiger partial charge < -0.3 is 11.1 Å². The maximum atomic E-state index is 5.70. The van der Waals surface area contributed by atoms with Crippen molar-refractivity contribution in [3.8, 4) is 0 Å². The lowest BCUT2D eigenvalue weighted by molar-refractivity contribution is -0.482. The fourth-order valence-electron chi connectivity index (χ4n) is 1.90. The molecular formula is C16H19N4S+. The van der Waals surface area contributed by atoms with Crippen LogP contribution in [0, 0.1) is 6.92 Å². The lowest BCUT2D eigenvalue weighted by atomic mass is 10.2. The van der Waals surface area contributed by atoms with Gasteiger partial charge in [0.05, 0.1) is 0 Å². The molecule has 0 bridgehead atoms. The largest absolute Gasteiger partial charge is 0.399 e. The molecular weight excluding hydrogens is 280 g/mol. The number of anilines is 2. The number of hydrazine groups is 1. The maximum Gasteiger partial charge on any atom is 0.235 e. The summed E-state index contributed by atoms with van der Waals surface area (Å²) in [6.07, 6.45) is 1.90. The number of nitrogens with one attached hydrogen (secondary N) is 2. The number of benzene rings is 2. The lowest BCUT2D eigenvalue weighted by Gasteiger charge is -2.09. The molecule has 0 unspecified atom stereocenters. The highest BCUT2D eigenvalue weighted by atomic mass is 32.1. The van der Waals surface area contributed by atoms with Gasteiger partial charge in [0.2, 0.25) is 10.8 Å². The van der Waals surface area contributed by atoms with Crippen LogP contribution in [0.5, 0.6) is 0 Å². The van der Waals surface area contributed by atoms with E-state index in [1.165, 1.54) is 5.56 Å². The van der Waals surface area contributed by atoms with E-state index in [4.69, 9.17) is 18.0 Å². The summed E-state index contributed by atoms with van der Waals surface area (Å²) in [4.78, 5) is 0. The van der Waals surface area contributed by atoms with Gasteiger partial charge in [-0.15, -0.1) is 5.43 Å². The van der Waals surface area contributed by atoms with Gasteiger partial charge >= 0.3 is 0 Å². The number of hydrazone groups is 1. The summed E-state index contributed by atoms with van der Waals surface area (Å²) in [7, 11) is 0. The molecule has 0 saturated heterocycles. The Morgan fingerprint density at radius 2 is 1.90 bits per heavy atom. The fourth-order valence-corrected chi connectivity index (χ4v) is 2.12. The van der Waals surface area contributed by atoms with Gasteiger partial charge in [-0.05, 0) is 49.0 Å². The Bertz CT molecular complexity index is 662. The van der Waals surface area contributed by atoms with Crippen LogP contribution >= 0.6 is 12.2 Å². The van der Waals surface area contributed by atoms with E-state index in [9.17, 15) is 0 Å². The van der Waals surface area contributed by atoms with Crippen LogP contribution < -0.4 is 16.5 Å². The molecule has 4 nitrogen and oxygen atoms in total. The maximum absolute atomic E-state index is 5.70. The van der Waals surface area contributed by atoms with Gasteiger partial charge in [-0.2, -0.15) is 0 Å². The topological polar surface area (TPSA) is 53.1 Å². The van der Waals surface area contributed by atoms with Crippen molar-refractivity contribution >= 4 is 40.6 Å². The molecule has 0 radical (unpaired) electrons. The third-order valence-electron chi connectivity index (χ3n) is 2.93. The second kappa shape index (κ2) is 6.85. The van der Waals surface area contributed by atoms with Crippen LogP contribution in [0.3, 0.4) is 0 Å². The molecule has 5 heteroatoms. The minimum Gasteiger partial charge on any atom is -0.399 e. The van der Waals surface area contributed by atoms with Crippen LogP contribution in [-0.2, 0) is 0 Å². The van der Waals surface area contributed by atoms with Crippen LogP contribution in [0.15, 0.2) is 48.5 Å². The second-order valence-corrected chi connectivity index (χ2v) is 5.06. The number of aryl methyl sites for hydroxylation is 1. The normalized spacial score (nSPS) is 11.0. The van der Waals surface area contributed by atoms with Crippen molar-refractivity contribution < 1.29 is 4.68 Å². The lowest BCUT2D eigenvalue weighted by Crippen LogP contribution is -2.35. The van der Waals surface area contributed by atoms with Gasteiger partial charge in [0.1, 0.15) is 0 Å². The van der Waals surface area contributed by atoms with E-state index in [1.54, 1.807) is 0 Å². The van der Waals surface area contributed by atoms with Crippen LogP contribution in [0.1, 0.15) is 12.5 Å². The third kappa shape index (κ3) is 4.29. The summed E-state index contributed by atoms with van der Waals surface area (Å²) < 4.78 is 1.84. The fraction of sp³-hybridized carbons (Fsp3) is 0.125. The highest BCUT2D eigenvalue weighted by Gasteiger charge is 2.10. The first-order valence-corrected chi connectivity index (χ1v) is 7.08. The van der Waals surface area contributed by atoms with Gasteiger partial charge in [0, 0.05) is 30.4 Å². The predicted octanol–water partition coefficient (Wildman–Crippen LogP) is 3.21. The molecule has 0 amide bonds. The summed E-state index contributed by atoms with van der Waals surface area (Å²) in [6.45, 7) is 3.97. The van der Waals surface area contributed by atoms with Crippen LogP contribution in [0.25, 0.3) is 0 Å². The van der Waals surface area contributed by atoms with E-state index in [1.807, 2.05) is 73.3 Å². The molecule has 108 valence electrons. The van der Waals surface area contributed by atoms with E-state index in [0.29, 0.717) is 5.11 Å². The third-order valence-corrected chi connectivity index (χ3v) is 3.12. The van der Waals surface area contributed by atoms with Crippen molar-refractivity contribution in [3.05, 3.63) is 54.1 Å². The van der Waals surface area contributed by atoms with Gasteiger partial charge in [-0.1, -0.05) is 16.8 Å². The molecule has 4 N–H and O–H groups in total. The monoisotopic (exact) mass is 299 g/mol. The summed E-state index contributed by atoms with van der Waals surface area (Å²) in [5.41, 5.74) is 12.7. The first-order valence-electron chi connectivity index (χ1n) is 6.67. The molecule has 0 heterocycles. The quantitative estimate of drug-likeness (QED) is 0.268. The van der Waals surface area contributed by atoms with Gasteiger partial charge in [0.15, 0.2) is 6.21 Å². The zero-order chi connectivity index (χ0) is 15.2. The number of nitrogen functional groups attached to an aromatic ring is 1. The van der Waals surface area contributed by atoms with Crippen molar-refractivity contribution in [3.63, 3.8) is 0 Å². The molecule has 0 atom stereocenters. The average Bonchev–Trinajstić information content (AvgIpc) is 2.46. The first-order chi connectivity index (χ1) is 10.1. The molecule has 0 aliphatic rings. The number of thiocarbonyl (C=S) groups is 1. The molecule has 0 aromatic heterocycles. The van der Waals surface area contributed by atoms with Gasteiger partial charge in [0.25, 0.3) is 0 Å². The van der Waals surface area contributed by atoms with E-state index < -0.39 is 0 Å². The Morgan fingerprint density at radius 3 is 2.52 bits per heavy atom. The Labute approximate surface area is 130 Å². The molecule has 0 spiro atoms. The highest BCUT2D eigenvalue weighted by molar-refractivity contribution is 7.80. The molecule has 2 aromatic rings. The smallest absolute Gasteiger partial charge is 0.235 e. The standard InChI is InChI=1S/C16H18N4S/c1-3-20(15-9-7-13(17)8-10-15)19-16(21)18-14-6-4-5-12(2)11-14/h3-11H,17H2,1-2H3,(H-,18,19,21)/p+1/b20-3-. The van der Waals surface area contributed by atoms with E-state index >= 15 is 0 Å². The number of rotatable bonds is 3. The summed E-state index contributed by atoms with van der Waals surface area (Å²) in [5.74, 6) is 0. The average molecular weight is 299 g/mol. The zero-order valence-corrected chi connectivity index (χ0v) is 12.9. The number of nitrogens with zero attached hydrogens (tertiary/aromatic N) is 1. The molecule has 2 aromatic carbocycles. The van der Waals surface area contributed by atoms with Crippen LogP contribution in [-0.4, -0.2) is 16.0 Å². The zero-order valence-electron chi connectivity index (χ0n) is 12.1. The molecule has 0 aliphatic carbocycles.